The maximum atomic E-state index is 7.64. The summed E-state index contributed by atoms with van der Waals surface area (Å²) in [6, 6.07) is 51.3. The number of allylic oxidation sites excluding steroid dienone is 1. The summed E-state index contributed by atoms with van der Waals surface area (Å²) < 4.78 is 15.1. The fourth-order valence-corrected chi connectivity index (χ4v) is 13.8. The van der Waals surface area contributed by atoms with Crippen LogP contribution in [0, 0.1) is 83.1 Å². The van der Waals surface area contributed by atoms with Crippen molar-refractivity contribution in [2.24, 2.45) is 0 Å². The molecular formula is C73H64N2O2. The SMILES string of the molecule is Cc1cc(N(c2cc(C)c(C)c(C)c2)c2cc3c(c4c2oc2ccccc24)-c2c(cc(N(c4cc(C)c(C)c(C)c4)c4cc(C)c(C)c(C)c4)c4c5c(oc24)C=CCC5)C32c3ccccc3-c3ccccc32)cc(C)c1C. The molecule has 1 spiro atoms. The Kier molecular flexibility index (Phi) is 10.3. The highest BCUT2D eigenvalue weighted by Gasteiger charge is 2.55. The Morgan fingerprint density at radius 2 is 0.831 bits per heavy atom. The highest BCUT2D eigenvalue weighted by molar-refractivity contribution is 6.24. The Morgan fingerprint density at radius 3 is 1.34 bits per heavy atom. The summed E-state index contributed by atoms with van der Waals surface area (Å²) in [4.78, 5) is 5.07. The van der Waals surface area contributed by atoms with Gasteiger partial charge in [-0.05, 0) is 269 Å². The van der Waals surface area contributed by atoms with Crippen LogP contribution in [0.15, 0.2) is 148 Å². The number of anilines is 6. The summed E-state index contributed by atoms with van der Waals surface area (Å²) in [5.41, 5.74) is 34.9. The average molecular weight is 1000 g/mol. The van der Waals surface area contributed by atoms with Crippen molar-refractivity contribution in [3.05, 3.63) is 240 Å². The van der Waals surface area contributed by atoms with Crippen LogP contribution in [0.2, 0.25) is 0 Å². The van der Waals surface area contributed by atoms with Crippen LogP contribution in [0.1, 0.15) is 107 Å². The largest absolute Gasteiger partial charge is 0.456 e. The number of fused-ring (bicyclic) bond motifs is 18. The maximum absolute atomic E-state index is 7.64. The number of furan rings is 2. The molecule has 0 atom stereocenters. The number of para-hydroxylation sites is 1. The molecule has 2 aromatic heterocycles. The van der Waals surface area contributed by atoms with Crippen LogP contribution < -0.4 is 9.80 Å². The molecule has 0 N–H and O–H groups in total. The third kappa shape index (κ3) is 6.51. The van der Waals surface area contributed by atoms with Crippen molar-refractivity contribution in [1.29, 1.82) is 0 Å². The van der Waals surface area contributed by atoms with Gasteiger partial charge in [0, 0.05) is 55.6 Å². The predicted octanol–water partition coefficient (Wildman–Crippen LogP) is 20.3. The van der Waals surface area contributed by atoms with E-state index >= 15 is 0 Å². The second-order valence-electron chi connectivity index (χ2n) is 22.9. The van der Waals surface area contributed by atoms with Gasteiger partial charge in [-0.3, -0.25) is 0 Å². The van der Waals surface area contributed by atoms with E-state index in [-0.39, 0.29) is 0 Å². The third-order valence-corrected chi connectivity index (χ3v) is 18.7. The zero-order valence-corrected chi connectivity index (χ0v) is 46.5. The molecule has 0 aliphatic heterocycles. The monoisotopic (exact) mass is 1000 g/mol. The fourth-order valence-electron chi connectivity index (χ4n) is 13.8. The van der Waals surface area contributed by atoms with Crippen LogP contribution in [-0.2, 0) is 11.8 Å². The van der Waals surface area contributed by atoms with E-state index in [2.05, 4.69) is 238 Å². The van der Waals surface area contributed by atoms with Gasteiger partial charge in [-0.15, -0.1) is 0 Å². The van der Waals surface area contributed by atoms with Crippen molar-refractivity contribution in [1.82, 2.24) is 0 Å². The lowest BCUT2D eigenvalue weighted by Crippen LogP contribution is -2.27. The van der Waals surface area contributed by atoms with E-state index in [1.54, 1.807) is 0 Å². The molecule has 4 heteroatoms. The van der Waals surface area contributed by atoms with Gasteiger partial charge in [-0.2, -0.15) is 0 Å². The molecule has 11 aromatic rings. The molecule has 0 radical (unpaired) electrons. The van der Waals surface area contributed by atoms with Crippen LogP contribution in [-0.4, -0.2) is 0 Å². The number of nitrogens with zero attached hydrogens (tertiary/aromatic N) is 2. The van der Waals surface area contributed by atoms with Crippen molar-refractivity contribution in [2.45, 2.75) is 101 Å². The lowest BCUT2D eigenvalue weighted by molar-refractivity contribution is 0.596. The van der Waals surface area contributed by atoms with E-state index in [9.17, 15) is 0 Å². The molecule has 14 rings (SSSR count). The zero-order valence-electron chi connectivity index (χ0n) is 46.5. The second-order valence-corrected chi connectivity index (χ2v) is 22.9. The molecule has 3 aliphatic carbocycles. The second kappa shape index (κ2) is 16.8. The first-order chi connectivity index (χ1) is 37.1. The average Bonchev–Trinajstić information content (AvgIpc) is 3.92. The smallest absolute Gasteiger partial charge is 0.160 e. The lowest BCUT2D eigenvalue weighted by Gasteiger charge is -2.34. The van der Waals surface area contributed by atoms with Gasteiger partial charge in [0.15, 0.2) is 5.58 Å². The Labute approximate surface area is 452 Å². The van der Waals surface area contributed by atoms with E-state index in [1.807, 2.05) is 0 Å². The molecule has 0 fully saturated rings. The minimum Gasteiger partial charge on any atom is -0.456 e. The normalized spacial score (nSPS) is 13.7. The van der Waals surface area contributed by atoms with Crippen molar-refractivity contribution >= 4 is 73.1 Å². The van der Waals surface area contributed by atoms with E-state index < -0.39 is 5.41 Å². The molecule has 4 nitrogen and oxygen atoms in total. The molecule has 77 heavy (non-hydrogen) atoms. The number of hydrogen-bond acceptors (Lipinski definition) is 4. The van der Waals surface area contributed by atoms with E-state index in [0.717, 1.165) is 85.8 Å². The number of aryl methyl sites for hydroxylation is 9. The maximum Gasteiger partial charge on any atom is 0.160 e. The Hall–Kier alpha value is -8.34. The minimum atomic E-state index is -0.779. The standard InChI is InChI=1S/C73H64N2O2/c1-39-29-51(30-40(2)47(39)9)74(52-31-41(3)48(10)42(4)32-52)63-37-62-70(72-67(63)57-23-15-19-27-65(57)77-72)69-61(73(62)59-25-17-13-21-55(59)56-22-14-18-26-60(56)73)38-64(71-68(69)58-24-16-20-28-66(58)76-71)75(53-33-43(5)49(11)44(6)34-53)54-35-45(7)50(12)46(8)36-54/h13-14,16-22,24-38H,15,23H2,1-12H3. The van der Waals surface area contributed by atoms with Crippen LogP contribution in [0.3, 0.4) is 0 Å². The van der Waals surface area contributed by atoms with Crippen LogP contribution in [0.5, 0.6) is 0 Å². The van der Waals surface area contributed by atoms with Crippen LogP contribution in [0.4, 0.5) is 34.1 Å². The molecule has 9 aromatic carbocycles. The topological polar surface area (TPSA) is 32.8 Å². The first-order valence-electron chi connectivity index (χ1n) is 27.5. The Balaban J connectivity index is 1.21. The zero-order chi connectivity index (χ0) is 53.1. The molecule has 0 amide bonds. The molecule has 0 bridgehead atoms. The van der Waals surface area contributed by atoms with Gasteiger partial charge in [0.1, 0.15) is 16.9 Å². The minimum absolute atomic E-state index is 0.779. The summed E-state index contributed by atoms with van der Waals surface area (Å²) in [5.74, 6) is 0.939. The molecule has 378 valence electrons. The van der Waals surface area contributed by atoms with Gasteiger partial charge < -0.3 is 18.6 Å². The van der Waals surface area contributed by atoms with Crippen molar-refractivity contribution in [3.8, 4) is 22.3 Å². The number of rotatable bonds is 6. The Bertz CT molecular complexity index is 4180. The number of hydrogen-bond donors (Lipinski definition) is 0. The summed E-state index contributed by atoms with van der Waals surface area (Å²) in [6.07, 6.45) is 6.33. The van der Waals surface area contributed by atoms with E-state index in [4.69, 9.17) is 8.83 Å². The van der Waals surface area contributed by atoms with Gasteiger partial charge in [0.2, 0.25) is 0 Å². The van der Waals surface area contributed by atoms with Gasteiger partial charge >= 0.3 is 0 Å². The van der Waals surface area contributed by atoms with Crippen molar-refractivity contribution in [2.75, 3.05) is 9.80 Å². The van der Waals surface area contributed by atoms with Crippen LogP contribution in [0.25, 0.3) is 61.2 Å². The van der Waals surface area contributed by atoms with Gasteiger partial charge in [-0.1, -0.05) is 72.8 Å². The fraction of sp³-hybridized carbons (Fsp3) is 0.205. The molecule has 0 saturated carbocycles. The molecule has 3 aliphatic rings. The highest BCUT2D eigenvalue weighted by atomic mass is 16.3. The first kappa shape index (κ1) is 47.1. The Morgan fingerprint density at radius 1 is 0.403 bits per heavy atom. The molecule has 0 saturated heterocycles. The van der Waals surface area contributed by atoms with Crippen LogP contribution >= 0.6 is 0 Å². The van der Waals surface area contributed by atoms with E-state index in [0.29, 0.717) is 0 Å². The van der Waals surface area contributed by atoms with Gasteiger partial charge in [0.25, 0.3) is 0 Å². The predicted molar refractivity (Wildman–Crippen MR) is 323 cm³/mol. The quantitative estimate of drug-likeness (QED) is 0.166. The van der Waals surface area contributed by atoms with Crippen molar-refractivity contribution in [3.63, 3.8) is 0 Å². The number of benzene rings is 9. The van der Waals surface area contributed by atoms with Crippen molar-refractivity contribution < 1.29 is 8.83 Å². The molecular weight excluding hydrogens is 937 g/mol. The van der Waals surface area contributed by atoms with Gasteiger partial charge in [-0.25, -0.2) is 0 Å². The van der Waals surface area contributed by atoms with Gasteiger partial charge in [0.05, 0.1) is 16.8 Å². The molecule has 2 heterocycles. The summed E-state index contributed by atoms with van der Waals surface area (Å²) in [7, 11) is 0. The highest BCUT2D eigenvalue weighted by Crippen LogP contribution is 2.68. The third-order valence-electron chi connectivity index (χ3n) is 18.7. The summed E-state index contributed by atoms with van der Waals surface area (Å²) >= 11 is 0. The summed E-state index contributed by atoms with van der Waals surface area (Å²) in [5, 5.41) is 3.35. The summed E-state index contributed by atoms with van der Waals surface area (Å²) in [6.45, 7) is 27.0. The first-order valence-corrected chi connectivity index (χ1v) is 27.5. The molecule has 0 unspecified atom stereocenters. The lowest BCUT2D eigenvalue weighted by atomic mass is 9.70. The van der Waals surface area contributed by atoms with E-state index in [1.165, 1.54) is 117 Å².